The second kappa shape index (κ2) is 7.55. The molecule has 0 saturated heterocycles. The van der Waals surface area contributed by atoms with Crippen molar-refractivity contribution in [2.24, 2.45) is 9.98 Å². The topological polar surface area (TPSA) is 82.9 Å². The van der Waals surface area contributed by atoms with Crippen molar-refractivity contribution in [2.45, 2.75) is 6.92 Å². The molecule has 0 saturated carbocycles. The summed E-state index contributed by atoms with van der Waals surface area (Å²) in [4.78, 5) is 34.2. The number of aliphatic imine (C=N–C) groups is 2. The van der Waals surface area contributed by atoms with Crippen LogP contribution in [0, 0.1) is 6.92 Å². The Morgan fingerprint density at radius 2 is 1.26 bits per heavy atom. The number of aryl methyl sites for hydroxylation is 1. The van der Waals surface area contributed by atoms with E-state index in [-0.39, 0.29) is 11.8 Å². The minimum absolute atomic E-state index is 0.252. The number of carbonyl (C=O) groups is 2. The third-order valence-electron chi connectivity index (χ3n) is 5.07. The van der Waals surface area contributed by atoms with E-state index in [4.69, 9.17) is 0 Å². The first-order valence-electron chi connectivity index (χ1n) is 9.39. The maximum absolute atomic E-state index is 12.5. The van der Waals surface area contributed by atoms with Gasteiger partial charge in [0.1, 0.15) is 11.4 Å². The van der Waals surface area contributed by atoms with Crippen LogP contribution in [0.3, 0.4) is 0 Å². The van der Waals surface area contributed by atoms with E-state index in [1.54, 1.807) is 6.07 Å². The molecule has 2 heterocycles. The van der Waals surface area contributed by atoms with Crippen molar-refractivity contribution in [1.82, 2.24) is 0 Å². The van der Waals surface area contributed by atoms with Gasteiger partial charge in [0.25, 0.3) is 11.8 Å². The van der Waals surface area contributed by atoms with Crippen molar-refractivity contribution in [3.05, 3.63) is 80.2 Å². The molecule has 0 unspecified atom stereocenters. The van der Waals surface area contributed by atoms with Gasteiger partial charge in [0.15, 0.2) is 0 Å². The smallest absolute Gasteiger partial charge is 0.275 e. The highest BCUT2D eigenvalue weighted by Gasteiger charge is 2.27. The van der Waals surface area contributed by atoms with E-state index >= 15 is 0 Å². The Kier molecular flexibility index (Phi) is 4.83. The largest absolute Gasteiger partial charge is 0.320 e. The number of hydrogen-bond donors (Lipinski definition) is 2. The lowest BCUT2D eigenvalue weighted by atomic mass is 10.1. The lowest BCUT2D eigenvalue weighted by Crippen LogP contribution is -2.14. The fourth-order valence-electron chi connectivity index (χ4n) is 3.51. The van der Waals surface area contributed by atoms with Gasteiger partial charge < -0.3 is 10.6 Å². The quantitative estimate of drug-likeness (QED) is 0.441. The SMILES string of the molecule is Cc1ccc(N=C2C(=O)Nc3ccc(Br)cc32)cc1N=C1C(=O)Nc2ccc(Br)cc21. The molecule has 2 aliphatic heterocycles. The van der Waals surface area contributed by atoms with Crippen LogP contribution in [0.1, 0.15) is 16.7 Å². The molecule has 0 bridgehead atoms. The number of halogens is 2. The van der Waals surface area contributed by atoms with Crippen LogP contribution >= 0.6 is 31.9 Å². The van der Waals surface area contributed by atoms with Crippen LogP contribution in [0.4, 0.5) is 22.7 Å². The predicted octanol–water partition coefficient (Wildman–Crippen LogP) is 5.67. The summed E-state index contributed by atoms with van der Waals surface area (Å²) in [5, 5.41) is 5.66. The molecule has 152 valence electrons. The average Bonchev–Trinajstić information content (AvgIpc) is 3.20. The molecule has 0 atom stereocenters. The van der Waals surface area contributed by atoms with Gasteiger partial charge in [0.2, 0.25) is 0 Å². The Morgan fingerprint density at radius 1 is 0.710 bits per heavy atom. The van der Waals surface area contributed by atoms with E-state index < -0.39 is 0 Å². The maximum atomic E-state index is 12.5. The predicted molar refractivity (Wildman–Crippen MR) is 129 cm³/mol. The number of nitrogens with one attached hydrogen (secondary N) is 2. The number of carbonyl (C=O) groups excluding carboxylic acids is 2. The van der Waals surface area contributed by atoms with Gasteiger partial charge in [-0.05, 0) is 61.0 Å². The van der Waals surface area contributed by atoms with Crippen LogP contribution < -0.4 is 10.6 Å². The van der Waals surface area contributed by atoms with Gasteiger partial charge >= 0.3 is 0 Å². The van der Waals surface area contributed by atoms with E-state index in [1.807, 2.05) is 55.5 Å². The molecule has 0 aliphatic carbocycles. The molecule has 2 aliphatic rings. The van der Waals surface area contributed by atoms with Crippen LogP contribution in [0.15, 0.2) is 73.5 Å². The molecule has 0 fully saturated rings. The van der Waals surface area contributed by atoms with Crippen molar-refractivity contribution < 1.29 is 9.59 Å². The first-order valence-corrected chi connectivity index (χ1v) is 11.0. The molecule has 6 nitrogen and oxygen atoms in total. The highest BCUT2D eigenvalue weighted by Crippen LogP contribution is 2.33. The molecule has 0 aromatic heterocycles. The fourth-order valence-corrected chi connectivity index (χ4v) is 4.23. The molecule has 3 aromatic rings. The summed E-state index contributed by atoms with van der Waals surface area (Å²) in [5.74, 6) is -0.506. The van der Waals surface area contributed by atoms with Gasteiger partial charge in [-0.2, -0.15) is 0 Å². The minimum atomic E-state index is -0.254. The van der Waals surface area contributed by atoms with Gasteiger partial charge in [-0.3, -0.25) is 9.59 Å². The summed E-state index contributed by atoms with van der Waals surface area (Å²) in [5.41, 5.74) is 5.71. The first-order chi connectivity index (χ1) is 14.9. The molecule has 2 N–H and O–H groups in total. The third kappa shape index (κ3) is 3.62. The summed E-state index contributed by atoms with van der Waals surface area (Å²) >= 11 is 6.88. The van der Waals surface area contributed by atoms with Crippen LogP contribution in [-0.2, 0) is 9.59 Å². The Labute approximate surface area is 194 Å². The van der Waals surface area contributed by atoms with Crippen LogP contribution in [0.25, 0.3) is 0 Å². The number of hydrogen-bond acceptors (Lipinski definition) is 4. The van der Waals surface area contributed by atoms with Crippen molar-refractivity contribution in [1.29, 1.82) is 0 Å². The molecule has 5 rings (SSSR count). The minimum Gasteiger partial charge on any atom is -0.320 e. The number of rotatable bonds is 2. The summed E-state index contributed by atoms with van der Waals surface area (Å²) in [7, 11) is 0. The zero-order valence-electron chi connectivity index (χ0n) is 16.2. The standard InChI is InChI=1S/C23H14Br2N4O2/c1-11-2-5-14(26-20-15-8-12(24)3-6-17(15)28-22(20)30)10-19(11)27-21-16-9-13(25)4-7-18(16)29-23(21)31/h2-10H,1H3,(H,26,28,30)(H,27,29,31). The lowest BCUT2D eigenvalue weighted by Gasteiger charge is -2.05. The third-order valence-corrected chi connectivity index (χ3v) is 6.05. The number of anilines is 2. The highest BCUT2D eigenvalue weighted by atomic mass is 79.9. The van der Waals surface area contributed by atoms with Crippen LogP contribution in [0.2, 0.25) is 0 Å². The van der Waals surface area contributed by atoms with Crippen LogP contribution in [0.5, 0.6) is 0 Å². The second-order valence-corrected chi connectivity index (χ2v) is 9.01. The van der Waals surface area contributed by atoms with Crippen molar-refractivity contribution >= 4 is 77.8 Å². The normalized spacial score (nSPS) is 17.0. The zero-order valence-corrected chi connectivity index (χ0v) is 19.3. The summed E-state index contributed by atoms with van der Waals surface area (Å²) in [6.45, 7) is 1.92. The van der Waals surface area contributed by atoms with Crippen molar-refractivity contribution in [2.75, 3.05) is 10.6 Å². The molecule has 3 aromatic carbocycles. The maximum Gasteiger partial charge on any atom is 0.275 e. The van der Waals surface area contributed by atoms with Crippen LogP contribution in [-0.4, -0.2) is 23.2 Å². The lowest BCUT2D eigenvalue weighted by molar-refractivity contribution is -0.110. The Hall–Kier alpha value is -3.10. The molecule has 0 spiro atoms. The van der Waals surface area contributed by atoms with Crippen molar-refractivity contribution in [3.63, 3.8) is 0 Å². The van der Waals surface area contributed by atoms with Gasteiger partial charge in [-0.15, -0.1) is 0 Å². The number of benzene rings is 3. The van der Waals surface area contributed by atoms with E-state index in [1.165, 1.54) is 0 Å². The molecular formula is C23H14Br2N4O2. The summed E-state index contributed by atoms with van der Waals surface area (Å²) in [6.07, 6.45) is 0. The Morgan fingerprint density at radius 3 is 1.84 bits per heavy atom. The summed E-state index contributed by atoms with van der Waals surface area (Å²) in [6, 6.07) is 16.6. The van der Waals surface area contributed by atoms with E-state index in [0.717, 1.165) is 37.0 Å². The molecule has 8 heteroatoms. The molecule has 0 radical (unpaired) electrons. The van der Waals surface area contributed by atoms with Gasteiger partial charge in [-0.1, -0.05) is 37.9 Å². The molecular weight excluding hydrogens is 524 g/mol. The number of fused-ring (bicyclic) bond motifs is 2. The second-order valence-electron chi connectivity index (χ2n) is 7.18. The molecule has 2 amide bonds. The van der Waals surface area contributed by atoms with E-state index in [2.05, 4.69) is 52.5 Å². The van der Waals surface area contributed by atoms with Gasteiger partial charge in [0, 0.05) is 20.1 Å². The fraction of sp³-hybridized carbons (Fsp3) is 0.0435. The number of nitrogens with zero attached hydrogens (tertiary/aromatic N) is 2. The van der Waals surface area contributed by atoms with Gasteiger partial charge in [0.05, 0.1) is 22.7 Å². The monoisotopic (exact) mass is 536 g/mol. The van der Waals surface area contributed by atoms with E-state index in [9.17, 15) is 9.59 Å². The molecule has 31 heavy (non-hydrogen) atoms. The first kappa shape index (κ1) is 19.8. The Balaban J connectivity index is 1.58. The average molecular weight is 538 g/mol. The summed E-state index contributed by atoms with van der Waals surface area (Å²) < 4.78 is 1.73. The highest BCUT2D eigenvalue weighted by molar-refractivity contribution is 9.10. The van der Waals surface area contributed by atoms with E-state index in [0.29, 0.717) is 22.8 Å². The zero-order chi connectivity index (χ0) is 21.7. The van der Waals surface area contributed by atoms with Gasteiger partial charge in [-0.25, -0.2) is 9.98 Å². The van der Waals surface area contributed by atoms with Crippen molar-refractivity contribution in [3.8, 4) is 0 Å². The number of amides is 2. The Bertz CT molecular complexity index is 1360.